The Labute approximate surface area is 106 Å². The number of hydrogen-bond acceptors (Lipinski definition) is 4. The van der Waals surface area contributed by atoms with Crippen LogP contribution < -0.4 is 9.47 Å². The number of aliphatic hydroxyl groups is 1. The third-order valence-electron chi connectivity index (χ3n) is 3.47. The van der Waals surface area contributed by atoms with E-state index in [1.54, 1.807) is 0 Å². The summed E-state index contributed by atoms with van der Waals surface area (Å²) in [6.45, 7) is 1.88. The third-order valence-corrected chi connectivity index (χ3v) is 3.47. The van der Waals surface area contributed by atoms with E-state index < -0.39 is 6.10 Å². The number of rotatable bonds is 4. The molecule has 1 saturated heterocycles. The minimum Gasteiger partial charge on any atom is -0.493 e. The zero-order valence-corrected chi connectivity index (χ0v) is 10.3. The van der Waals surface area contributed by atoms with Crippen molar-refractivity contribution in [2.45, 2.75) is 31.5 Å². The normalized spacial score (nSPS) is 25.8. The number of hydrogen-bond donors (Lipinski definition) is 1. The number of ether oxygens (including phenoxy) is 3. The van der Waals surface area contributed by atoms with Gasteiger partial charge in [-0.3, -0.25) is 0 Å². The molecule has 0 aliphatic carbocycles. The van der Waals surface area contributed by atoms with Gasteiger partial charge >= 0.3 is 0 Å². The second-order valence-corrected chi connectivity index (χ2v) is 4.80. The Morgan fingerprint density at radius 1 is 1.39 bits per heavy atom. The standard InChI is InChI=1S/C14H18O4/c15-13-9-18-14-8-11(3-4-12(13)14)17-7-5-10-2-1-6-16-10/h3-4,8,10,13,15H,1-2,5-7,9H2. The fraction of sp³-hybridized carbons (Fsp3) is 0.571. The first-order valence-corrected chi connectivity index (χ1v) is 6.52. The Balaban J connectivity index is 1.53. The van der Waals surface area contributed by atoms with Crippen molar-refractivity contribution in [1.29, 1.82) is 0 Å². The second kappa shape index (κ2) is 5.16. The van der Waals surface area contributed by atoms with Crippen molar-refractivity contribution in [2.75, 3.05) is 19.8 Å². The maximum Gasteiger partial charge on any atom is 0.129 e. The van der Waals surface area contributed by atoms with Gasteiger partial charge in [-0.15, -0.1) is 0 Å². The zero-order valence-electron chi connectivity index (χ0n) is 10.3. The van der Waals surface area contributed by atoms with Gasteiger partial charge in [-0.05, 0) is 25.0 Å². The van der Waals surface area contributed by atoms with E-state index in [-0.39, 0.29) is 0 Å². The quantitative estimate of drug-likeness (QED) is 0.888. The molecule has 1 fully saturated rings. The average molecular weight is 250 g/mol. The van der Waals surface area contributed by atoms with Crippen molar-refractivity contribution in [3.8, 4) is 11.5 Å². The van der Waals surface area contributed by atoms with Crippen LogP contribution >= 0.6 is 0 Å². The van der Waals surface area contributed by atoms with Crippen LogP contribution in [0.25, 0.3) is 0 Å². The summed E-state index contributed by atoms with van der Waals surface area (Å²) in [6.07, 6.45) is 3.09. The van der Waals surface area contributed by atoms with Gasteiger partial charge in [0.2, 0.25) is 0 Å². The van der Waals surface area contributed by atoms with Crippen molar-refractivity contribution in [3.63, 3.8) is 0 Å². The van der Waals surface area contributed by atoms with Gasteiger partial charge in [0, 0.05) is 24.7 Å². The lowest BCUT2D eigenvalue weighted by molar-refractivity contribution is 0.0903. The van der Waals surface area contributed by atoms with Crippen LogP contribution in [0.2, 0.25) is 0 Å². The fourth-order valence-corrected chi connectivity index (χ4v) is 2.44. The summed E-state index contributed by atoms with van der Waals surface area (Å²) in [6, 6.07) is 5.60. The highest BCUT2D eigenvalue weighted by atomic mass is 16.5. The molecule has 2 atom stereocenters. The molecule has 3 rings (SSSR count). The van der Waals surface area contributed by atoms with Gasteiger partial charge in [-0.25, -0.2) is 0 Å². The van der Waals surface area contributed by atoms with E-state index >= 15 is 0 Å². The number of fused-ring (bicyclic) bond motifs is 1. The highest BCUT2D eigenvalue weighted by molar-refractivity contribution is 5.44. The first-order chi connectivity index (χ1) is 8.83. The second-order valence-electron chi connectivity index (χ2n) is 4.80. The maximum absolute atomic E-state index is 9.61. The molecule has 0 saturated carbocycles. The van der Waals surface area contributed by atoms with E-state index in [4.69, 9.17) is 14.2 Å². The van der Waals surface area contributed by atoms with Gasteiger partial charge in [-0.2, -0.15) is 0 Å². The lowest BCUT2D eigenvalue weighted by Crippen LogP contribution is -2.10. The summed E-state index contributed by atoms with van der Waals surface area (Å²) in [5.41, 5.74) is 0.849. The zero-order chi connectivity index (χ0) is 12.4. The molecule has 1 aromatic carbocycles. The molecule has 0 radical (unpaired) electrons. The molecule has 4 heteroatoms. The van der Waals surface area contributed by atoms with Crippen LogP contribution in [0.5, 0.6) is 11.5 Å². The van der Waals surface area contributed by atoms with Gasteiger partial charge in [-0.1, -0.05) is 0 Å². The summed E-state index contributed by atoms with van der Waals surface area (Å²) in [4.78, 5) is 0. The predicted molar refractivity (Wildman–Crippen MR) is 66.0 cm³/mol. The highest BCUT2D eigenvalue weighted by Crippen LogP contribution is 2.35. The smallest absolute Gasteiger partial charge is 0.129 e. The van der Waals surface area contributed by atoms with Gasteiger partial charge in [0.1, 0.15) is 24.2 Å². The molecule has 2 aliphatic rings. The van der Waals surface area contributed by atoms with Crippen LogP contribution in [0.3, 0.4) is 0 Å². The van der Waals surface area contributed by atoms with E-state index in [2.05, 4.69) is 0 Å². The molecule has 0 aromatic heterocycles. The Kier molecular flexibility index (Phi) is 3.39. The highest BCUT2D eigenvalue weighted by Gasteiger charge is 2.22. The molecule has 4 nitrogen and oxygen atoms in total. The molecule has 1 aromatic rings. The molecule has 2 heterocycles. The summed E-state index contributed by atoms with van der Waals surface area (Å²) in [5.74, 6) is 1.53. The molecular formula is C14H18O4. The number of benzene rings is 1. The Morgan fingerprint density at radius 3 is 3.17 bits per heavy atom. The Bertz CT molecular complexity index is 412. The van der Waals surface area contributed by atoms with Crippen molar-refractivity contribution in [1.82, 2.24) is 0 Å². The van der Waals surface area contributed by atoms with E-state index in [0.29, 0.717) is 19.3 Å². The molecule has 0 amide bonds. The van der Waals surface area contributed by atoms with Crippen molar-refractivity contribution >= 4 is 0 Å². The summed E-state index contributed by atoms with van der Waals surface area (Å²) >= 11 is 0. The Hall–Kier alpha value is -1.26. The van der Waals surface area contributed by atoms with Crippen molar-refractivity contribution in [3.05, 3.63) is 23.8 Å². The van der Waals surface area contributed by atoms with Gasteiger partial charge in [0.05, 0.1) is 12.7 Å². The van der Waals surface area contributed by atoms with Crippen LogP contribution in [-0.2, 0) is 4.74 Å². The lowest BCUT2D eigenvalue weighted by atomic mass is 10.1. The van der Waals surface area contributed by atoms with Gasteiger partial charge in [0.15, 0.2) is 0 Å². The topological polar surface area (TPSA) is 47.9 Å². The van der Waals surface area contributed by atoms with E-state index in [1.165, 1.54) is 0 Å². The summed E-state index contributed by atoms with van der Waals surface area (Å²) in [5, 5.41) is 9.61. The molecule has 18 heavy (non-hydrogen) atoms. The summed E-state index contributed by atoms with van der Waals surface area (Å²) in [7, 11) is 0. The molecule has 98 valence electrons. The van der Waals surface area contributed by atoms with Crippen LogP contribution in [0.1, 0.15) is 30.9 Å². The molecule has 0 spiro atoms. The molecule has 2 unspecified atom stereocenters. The van der Waals surface area contributed by atoms with Gasteiger partial charge in [0.25, 0.3) is 0 Å². The summed E-state index contributed by atoms with van der Waals surface area (Å²) < 4.78 is 16.6. The fourth-order valence-electron chi connectivity index (χ4n) is 2.44. The molecule has 1 N–H and O–H groups in total. The van der Waals surface area contributed by atoms with Crippen molar-refractivity contribution in [2.24, 2.45) is 0 Å². The molecule has 2 aliphatic heterocycles. The maximum atomic E-state index is 9.61. The minimum absolute atomic E-state index is 0.342. The first-order valence-electron chi connectivity index (χ1n) is 6.52. The first kappa shape index (κ1) is 11.8. The molecule has 0 bridgehead atoms. The van der Waals surface area contributed by atoms with E-state index in [1.807, 2.05) is 18.2 Å². The molecular weight excluding hydrogens is 232 g/mol. The average Bonchev–Trinajstić information content (AvgIpc) is 3.00. The van der Waals surface area contributed by atoms with Crippen LogP contribution in [0.4, 0.5) is 0 Å². The lowest BCUT2D eigenvalue weighted by Gasteiger charge is -2.11. The SMILES string of the molecule is OC1COc2cc(OCCC3CCCO3)ccc21. The predicted octanol–water partition coefficient (Wildman–Crippen LogP) is 2.06. The minimum atomic E-state index is -0.499. The van der Waals surface area contributed by atoms with Crippen molar-refractivity contribution < 1.29 is 19.3 Å². The third kappa shape index (κ3) is 2.44. The van der Waals surface area contributed by atoms with E-state index in [9.17, 15) is 5.11 Å². The Morgan fingerprint density at radius 2 is 2.33 bits per heavy atom. The largest absolute Gasteiger partial charge is 0.493 e. The van der Waals surface area contributed by atoms with Crippen LogP contribution in [-0.4, -0.2) is 31.0 Å². The van der Waals surface area contributed by atoms with E-state index in [0.717, 1.165) is 42.9 Å². The monoisotopic (exact) mass is 250 g/mol. The number of aliphatic hydroxyl groups excluding tert-OH is 1. The van der Waals surface area contributed by atoms with Crippen LogP contribution in [0.15, 0.2) is 18.2 Å². The van der Waals surface area contributed by atoms with Crippen LogP contribution in [0, 0.1) is 0 Å². The van der Waals surface area contributed by atoms with Gasteiger partial charge < -0.3 is 19.3 Å².